The molecule has 4 heterocycles. The van der Waals surface area contributed by atoms with Gasteiger partial charge in [-0.1, -0.05) is 44.2 Å². The number of hydrogen-bond acceptors (Lipinski definition) is 7. The molecule has 240 valence electrons. The molecule has 3 amide bonds. The number of aliphatic hydroxyl groups excluding tert-OH is 1. The summed E-state index contributed by atoms with van der Waals surface area (Å²) in [5.41, 5.74) is 0.766. The third-order valence-corrected chi connectivity index (χ3v) is 11.7. The van der Waals surface area contributed by atoms with Crippen LogP contribution in [0.4, 0.5) is 5.69 Å². The fraction of sp³-hybridized carbons (Fsp3) is 0.618. The lowest BCUT2D eigenvalue weighted by atomic mass is 9.70. The molecule has 0 saturated carbocycles. The van der Waals surface area contributed by atoms with Gasteiger partial charge in [0.15, 0.2) is 0 Å². The first-order chi connectivity index (χ1) is 21.3. The highest BCUT2D eigenvalue weighted by Crippen LogP contribution is 2.67. The summed E-state index contributed by atoms with van der Waals surface area (Å²) in [6, 6.07) is 8.26. The number of aliphatic hydroxyl groups is 1. The van der Waals surface area contributed by atoms with Crippen LogP contribution in [0.3, 0.4) is 0 Å². The molecule has 10 heteroatoms. The average Bonchev–Trinajstić information content (AvgIpc) is 3.68. The number of ether oxygens (including phenoxy) is 1. The van der Waals surface area contributed by atoms with E-state index in [2.05, 4.69) is 31.9 Å². The zero-order valence-electron chi connectivity index (χ0n) is 26.2. The van der Waals surface area contributed by atoms with Gasteiger partial charge in [-0.25, -0.2) is 0 Å². The lowest BCUT2D eigenvalue weighted by Crippen LogP contribution is -2.58. The van der Waals surface area contributed by atoms with Crippen LogP contribution in [0.25, 0.3) is 0 Å². The van der Waals surface area contributed by atoms with Crippen molar-refractivity contribution in [3.05, 3.63) is 55.6 Å². The monoisotopic (exact) mass is 624 g/mol. The predicted octanol–water partition coefficient (Wildman–Crippen LogP) is 3.05. The van der Waals surface area contributed by atoms with Crippen LogP contribution < -0.4 is 4.90 Å². The van der Waals surface area contributed by atoms with Crippen LogP contribution in [0.2, 0.25) is 0 Å². The standard InChI is InChI=1S/C34H48N4O5S/c1-5-14-36(17-16-35-18-20-43-21-19-35)33(42)30-34-13-12-27(44-34)28(29(34)32(41)38(30)26(23-39)22-24(3)4)31(40)37(15-6-2)25-10-8-7-9-11-25/h5-11,24,26-30,39H,1-2,12-23H2,3-4H3/t26-,27+,28-,29+,30?,34?/m1/s1. The van der Waals surface area contributed by atoms with Crippen molar-refractivity contribution < 1.29 is 24.2 Å². The van der Waals surface area contributed by atoms with E-state index in [4.69, 9.17) is 4.74 Å². The maximum atomic E-state index is 14.8. The molecule has 1 spiro atoms. The second kappa shape index (κ2) is 14.2. The lowest BCUT2D eigenvalue weighted by molar-refractivity contribution is -0.146. The molecule has 4 saturated heterocycles. The van der Waals surface area contributed by atoms with Gasteiger partial charge in [-0.15, -0.1) is 24.9 Å². The van der Waals surface area contributed by atoms with Crippen molar-refractivity contribution in [3.63, 3.8) is 0 Å². The number of anilines is 1. The first kappa shape index (κ1) is 32.7. The van der Waals surface area contributed by atoms with Crippen LogP contribution in [-0.2, 0) is 19.1 Å². The first-order valence-electron chi connectivity index (χ1n) is 16.0. The fourth-order valence-electron chi connectivity index (χ4n) is 7.81. The zero-order chi connectivity index (χ0) is 31.4. The molecule has 9 nitrogen and oxygen atoms in total. The SMILES string of the molecule is C=CCN(CCN1CCOCC1)C(=O)C1N([C@@H](CO)CC(C)C)C(=O)[C@@H]2[C@H](C(=O)N(CC=C)c3ccccc3)[C@@H]3CCC12S3. The number of benzene rings is 1. The Morgan fingerprint density at radius 1 is 1.14 bits per heavy atom. The van der Waals surface area contributed by atoms with Gasteiger partial charge in [0.1, 0.15) is 6.04 Å². The van der Waals surface area contributed by atoms with Gasteiger partial charge in [-0.05, 0) is 37.3 Å². The highest BCUT2D eigenvalue weighted by atomic mass is 32.2. The second-order valence-corrected chi connectivity index (χ2v) is 14.5. The van der Waals surface area contributed by atoms with E-state index in [-0.39, 0.29) is 35.5 Å². The number of fused-ring (bicyclic) bond motifs is 1. The summed E-state index contributed by atoms with van der Waals surface area (Å²) >= 11 is 1.67. The van der Waals surface area contributed by atoms with E-state index in [1.165, 1.54) is 0 Å². The van der Waals surface area contributed by atoms with Crippen molar-refractivity contribution in [1.82, 2.24) is 14.7 Å². The van der Waals surface area contributed by atoms with Gasteiger partial charge < -0.3 is 24.5 Å². The van der Waals surface area contributed by atoms with Crippen LogP contribution in [-0.4, -0.2) is 119 Å². The Kier molecular flexibility index (Phi) is 10.6. The number of rotatable bonds is 14. The number of morpholine rings is 1. The van der Waals surface area contributed by atoms with E-state index >= 15 is 0 Å². The molecule has 6 atom stereocenters. The van der Waals surface area contributed by atoms with Crippen LogP contribution >= 0.6 is 11.8 Å². The normalized spacial score (nSPS) is 28.6. The number of thioether (sulfide) groups is 1. The molecule has 4 aliphatic rings. The van der Waals surface area contributed by atoms with E-state index in [0.717, 1.165) is 25.2 Å². The van der Waals surface area contributed by atoms with Crippen molar-refractivity contribution in [2.24, 2.45) is 17.8 Å². The molecule has 0 radical (unpaired) electrons. The minimum atomic E-state index is -0.752. The summed E-state index contributed by atoms with van der Waals surface area (Å²) < 4.78 is 4.78. The van der Waals surface area contributed by atoms with Crippen molar-refractivity contribution in [2.45, 2.75) is 55.2 Å². The molecule has 1 aromatic carbocycles. The third kappa shape index (κ3) is 6.10. The highest BCUT2D eigenvalue weighted by molar-refractivity contribution is 8.02. The summed E-state index contributed by atoms with van der Waals surface area (Å²) in [6.45, 7) is 16.6. The quantitative estimate of drug-likeness (QED) is 0.318. The molecule has 44 heavy (non-hydrogen) atoms. The van der Waals surface area contributed by atoms with Gasteiger partial charge in [0.2, 0.25) is 17.7 Å². The van der Waals surface area contributed by atoms with E-state index in [0.29, 0.717) is 52.2 Å². The van der Waals surface area contributed by atoms with Crippen LogP contribution in [0.15, 0.2) is 55.6 Å². The topological polar surface area (TPSA) is 93.6 Å². The number of para-hydroxylation sites is 1. The molecule has 4 aliphatic heterocycles. The van der Waals surface area contributed by atoms with Gasteiger partial charge in [-0.2, -0.15) is 0 Å². The number of likely N-dealkylation sites (tertiary alicyclic amines) is 1. The number of hydrogen-bond donors (Lipinski definition) is 1. The highest BCUT2D eigenvalue weighted by Gasteiger charge is 2.74. The van der Waals surface area contributed by atoms with Crippen molar-refractivity contribution in [3.8, 4) is 0 Å². The minimum absolute atomic E-state index is 0.0520. The van der Waals surface area contributed by atoms with Crippen LogP contribution in [0, 0.1) is 17.8 Å². The molecule has 0 aliphatic carbocycles. The fourth-order valence-corrected chi connectivity index (χ4v) is 10.0. The summed E-state index contributed by atoms with van der Waals surface area (Å²) in [6.07, 6.45) is 5.48. The summed E-state index contributed by atoms with van der Waals surface area (Å²) in [5, 5.41) is 10.6. The Labute approximate surface area is 266 Å². The average molecular weight is 625 g/mol. The maximum absolute atomic E-state index is 14.8. The van der Waals surface area contributed by atoms with E-state index in [1.807, 2.05) is 35.2 Å². The van der Waals surface area contributed by atoms with E-state index in [9.17, 15) is 19.5 Å². The van der Waals surface area contributed by atoms with Crippen molar-refractivity contribution >= 4 is 35.2 Å². The van der Waals surface area contributed by atoms with Gasteiger partial charge in [0, 0.05) is 50.2 Å². The molecule has 0 aromatic heterocycles. The number of carbonyl (C=O) groups is 3. The maximum Gasteiger partial charge on any atom is 0.247 e. The molecule has 2 bridgehead atoms. The van der Waals surface area contributed by atoms with E-state index in [1.54, 1.807) is 33.7 Å². The van der Waals surface area contributed by atoms with E-state index < -0.39 is 28.7 Å². The van der Waals surface area contributed by atoms with Crippen LogP contribution in [0.5, 0.6) is 0 Å². The van der Waals surface area contributed by atoms with Gasteiger partial charge in [-0.3, -0.25) is 19.3 Å². The molecular formula is C34H48N4O5S. The Hall–Kier alpha value is -2.66. The lowest BCUT2D eigenvalue weighted by Gasteiger charge is -2.40. The molecule has 2 unspecified atom stereocenters. The molecule has 1 N–H and O–H groups in total. The van der Waals surface area contributed by atoms with Crippen LogP contribution in [0.1, 0.15) is 33.1 Å². The largest absolute Gasteiger partial charge is 0.394 e. The number of carbonyl (C=O) groups excluding carboxylic acids is 3. The van der Waals surface area contributed by atoms with Gasteiger partial charge >= 0.3 is 0 Å². The molecular weight excluding hydrogens is 576 g/mol. The zero-order valence-corrected chi connectivity index (χ0v) is 27.0. The summed E-state index contributed by atoms with van der Waals surface area (Å²) in [5.74, 6) is -1.35. The molecule has 4 fully saturated rings. The summed E-state index contributed by atoms with van der Waals surface area (Å²) in [4.78, 5) is 51.4. The minimum Gasteiger partial charge on any atom is -0.394 e. The number of amides is 3. The Bertz CT molecular complexity index is 1210. The number of nitrogens with zero attached hydrogens (tertiary/aromatic N) is 4. The second-order valence-electron chi connectivity index (χ2n) is 12.9. The first-order valence-corrected chi connectivity index (χ1v) is 16.9. The van der Waals surface area contributed by atoms with Crippen molar-refractivity contribution in [2.75, 3.05) is 64.0 Å². The van der Waals surface area contributed by atoms with Gasteiger partial charge in [0.05, 0.1) is 42.4 Å². The Morgan fingerprint density at radius 2 is 1.84 bits per heavy atom. The Balaban J connectivity index is 1.51. The molecule has 5 rings (SSSR count). The van der Waals surface area contributed by atoms with Crippen molar-refractivity contribution in [1.29, 1.82) is 0 Å². The third-order valence-electron chi connectivity index (χ3n) is 9.70. The Morgan fingerprint density at radius 3 is 2.48 bits per heavy atom. The smallest absolute Gasteiger partial charge is 0.247 e. The molecule has 1 aromatic rings. The summed E-state index contributed by atoms with van der Waals surface area (Å²) in [7, 11) is 0. The van der Waals surface area contributed by atoms with Gasteiger partial charge in [0.25, 0.3) is 0 Å². The predicted molar refractivity (Wildman–Crippen MR) is 174 cm³/mol.